The number of amides is 2. The van der Waals surface area contributed by atoms with Gasteiger partial charge in [0.2, 0.25) is 0 Å². The number of phenols is 1. The zero-order chi connectivity index (χ0) is 24.5. The first-order chi connectivity index (χ1) is 16.7. The molecule has 0 aliphatic rings. The molecule has 0 aliphatic carbocycles. The van der Waals surface area contributed by atoms with Crippen LogP contribution in [0.1, 0.15) is 116 Å². The predicted molar refractivity (Wildman–Crippen MR) is 150 cm³/mol. The number of phenolic OH excluding ortho intramolecular Hbond substituents is 1. The van der Waals surface area contributed by atoms with Crippen LogP contribution in [-0.4, -0.2) is 29.2 Å². The summed E-state index contributed by atoms with van der Waals surface area (Å²) in [4.78, 5) is 11.7. The molecular weight excluding hydrogens is 442 g/mol. The van der Waals surface area contributed by atoms with Crippen molar-refractivity contribution in [3.8, 4) is 5.75 Å². The van der Waals surface area contributed by atoms with Crippen LogP contribution in [0, 0.1) is 0 Å². The molecule has 6 heteroatoms. The standard InChI is InChI=1S/C28H51N3O2S/c1-2-3-4-5-6-11-14-17-24-34-25-18-15-12-9-7-8-10-13-16-23-29-28(33)31-30-26-19-21-27(32)22-20-26/h19-22,30,32H,2-18,23-25H2,1H3,(H2,29,31,33). The van der Waals surface area contributed by atoms with Crippen LogP contribution >= 0.6 is 11.8 Å². The number of carbonyl (C=O) groups is 1. The third kappa shape index (κ3) is 19.9. The van der Waals surface area contributed by atoms with Crippen molar-refractivity contribution >= 4 is 23.5 Å². The molecule has 0 heterocycles. The number of rotatable bonds is 23. The summed E-state index contributed by atoms with van der Waals surface area (Å²) >= 11 is 2.16. The molecule has 0 aromatic heterocycles. The van der Waals surface area contributed by atoms with Gasteiger partial charge in [0, 0.05) is 6.54 Å². The van der Waals surface area contributed by atoms with Crippen molar-refractivity contribution in [2.75, 3.05) is 23.5 Å². The lowest BCUT2D eigenvalue weighted by molar-refractivity contribution is 0.242. The Balaban J connectivity index is 1.72. The molecule has 1 rings (SSSR count). The van der Waals surface area contributed by atoms with Crippen LogP contribution in [0.2, 0.25) is 0 Å². The number of thioether (sulfide) groups is 1. The molecule has 0 saturated heterocycles. The van der Waals surface area contributed by atoms with Gasteiger partial charge < -0.3 is 10.4 Å². The number of benzene rings is 1. The van der Waals surface area contributed by atoms with Crippen molar-refractivity contribution in [1.29, 1.82) is 0 Å². The molecule has 2 amide bonds. The molecule has 1 aromatic carbocycles. The summed E-state index contributed by atoms with van der Waals surface area (Å²) < 4.78 is 0. The highest BCUT2D eigenvalue weighted by Crippen LogP contribution is 2.15. The van der Waals surface area contributed by atoms with E-state index >= 15 is 0 Å². The molecule has 34 heavy (non-hydrogen) atoms. The predicted octanol–water partition coefficient (Wildman–Crippen LogP) is 8.40. The van der Waals surface area contributed by atoms with E-state index in [0.29, 0.717) is 6.54 Å². The van der Waals surface area contributed by atoms with Crippen LogP contribution in [0.25, 0.3) is 0 Å². The molecule has 0 spiro atoms. The quantitative estimate of drug-likeness (QED) is 0.0701. The summed E-state index contributed by atoms with van der Waals surface area (Å²) in [6.45, 7) is 2.98. The zero-order valence-electron chi connectivity index (χ0n) is 21.7. The second-order valence-corrected chi connectivity index (χ2v) is 10.5. The van der Waals surface area contributed by atoms with E-state index in [1.54, 1.807) is 24.3 Å². The Kier molecular flexibility index (Phi) is 20.8. The molecule has 0 unspecified atom stereocenters. The van der Waals surface area contributed by atoms with Gasteiger partial charge in [-0.25, -0.2) is 4.79 Å². The Morgan fingerprint density at radius 2 is 1.18 bits per heavy atom. The van der Waals surface area contributed by atoms with Gasteiger partial charge in [-0.05, 0) is 55.0 Å². The van der Waals surface area contributed by atoms with Crippen molar-refractivity contribution in [1.82, 2.24) is 10.7 Å². The molecule has 0 saturated carbocycles. The zero-order valence-corrected chi connectivity index (χ0v) is 22.5. The minimum Gasteiger partial charge on any atom is -0.508 e. The summed E-state index contributed by atoms with van der Waals surface area (Å²) in [5, 5.41) is 12.1. The van der Waals surface area contributed by atoms with E-state index < -0.39 is 0 Å². The van der Waals surface area contributed by atoms with Gasteiger partial charge in [-0.3, -0.25) is 10.9 Å². The molecular formula is C28H51N3O2S. The van der Waals surface area contributed by atoms with Crippen molar-refractivity contribution in [3.63, 3.8) is 0 Å². The van der Waals surface area contributed by atoms with Gasteiger partial charge in [-0.2, -0.15) is 11.8 Å². The molecule has 0 fully saturated rings. The van der Waals surface area contributed by atoms with Crippen LogP contribution < -0.4 is 16.2 Å². The Morgan fingerprint density at radius 1 is 0.706 bits per heavy atom. The maximum absolute atomic E-state index is 11.7. The normalized spacial score (nSPS) is 10.9. The van der Waals surface area contributed by atoms with Crippen LogP contribution in [0.3, 0.4) is 0 Å². The Hall–Kier alpha value is -1.56. The summed E-state index contributed by atoms with van der Waals surface area (Å²) in [6, 6.07) is 6.31. The van der Waals surface area contributed by atoms with Gasteiger partial charge >= 0.3 is 6.03 Å². The molecule has 0 atom stereocenters. The van der Waals surface area contributed by atoms with Crippen LogP contribution in [0.4, 0.5) is 10.5 Å². The number of hydrogen-bond acceptors (Lipinski definition) is 4. The number of anilines is 1. The van der Waals surface area contributed by atoms with Gasteiger partial charge in [0.05, 0.1) is 5.69 Å². The first-order valence-electron chi connectivity index (χ1n) is 13.9. The monoisotopic (exact) mass is 493 g/mol. The average Bonchev–Trinajstić information content (AvgIpc) is 2.84. The highest BCUT2D eigenvalue weighted by Gasteiger charge is 2.00. The third-order valence-corrected chi connectivity index (χ3v) is 7.24. The minimum absolute atomic E-state index is 0.202. The summed E-state index contributed by atoms with van der Waals surface area (Å²) in [5.41, 5.74) is 6.14. The fraction of sp³-hybridized carbons (Fsp3) is 0.750. The Labute approximate surface area is 213 Å². The van der Waals surface area contributed by atoms with E-state index in [2.05, 4.69) is 34.9 Å². The largest absolute Gasteiger partial charge is 0.508 e. The lowest BCUT2D eigenvalue weighted by atomic mass is 10.1. The van der Waals surface area contributed by atoms with Gasteiger partial charge in [0.25, 0.3) is 0 Å². The summed E-state index contributed by atoms with van der Waals surface area (Å²) in [5.74, 6) is 2.91. The number of urea groups is 1. The molecule has 4 N–H and O–H groups in total. The second-order valence-electron chi connectivity index (χ2n) is 9.32. The van der Waals surface area contributed by atoms with Crippen LogP contribution in [0.15, 0.2) is 24.3 Å². The van der Waals surface area contributed by atoms with E-state index in [9.17, 15) is 9.90 Å². The van der Waals surface area contributed by atoms with Crippen molar-refractivity contribution < 1.29 is 9.90 Å². The van der Waals surface area contributed by atoms with Crippen molar-refractivity contribution in [2.24, 2.45) is 0 Å². The average molecular weight is 494 g/mol. The fourth-order valence-corrected chi connectivity index (χ4v) is 4.95. The second kappa shape index (κ2) is 23.2. The fourth-order valence-electron chi connectivity index (χ4n) is 3.93. The maximum Gasteiger partial charge on any atom is 0.333 e. The van der Waals surface area contributed by atoms with Gasteiger partial charge in [0.1, 0.15) is 5.75 Å². The number of carbonyl (C=O) groups excluding carboxylic acids is 1. The van der Waals surface area contributed by atoms with E-state index in [1.165, 1.54) is 114 Å². The molecule has 196 valence electrons. The highest BCUT2D eigenvalue weighted by atomic mass is 32.2. The molecule has 0 aliphatic heterocycles. The Bertz CT molecular complexity index is 584. The van der Waals surface area contributed by atoms with Gasteiger partial charge in [-0.15, -0.1) is 0 Å². The number of nitrogens with one attached hydrogen (secondary N) is 3. The third-order valence-electron chi connectivity index (χ3n) is 6.08. The van der Waals surface area contributed by atoms with Crippen molar-refractivity contribution in [2.45, 2.75) is 116 Å². The number of unbranched alkanes of at least 4 members (excludes halogenated alkanes) is 15. The number of aromatic hydroxyl groups is 1. The van der Waals surface area contributed by atoms with Gasteiger partial charge in [-0.1, -0.05) is 96.8 Å². The smallest absolute Gasteiger partial charge is 0.333 e. The molecule has 5 nitrogen and oxygen atoms in total. The maximum atomic E-state index is 11.7. The van der Waals surface area contributed by atoms with Crippen LogP contribution in [-0.2, 0) is 0 Å². The lowest BCUT2D eigenvalue weighted by Gasteiger charge is -2.10. The minimum atomic E-state index is -0.232. The summed E-state index contributed by atoms with van der Waals surface area (Å²) in [6.07, 6.45) is 23.0. The first kappa shape index (κ1) is 30.5. The van der Waals surface area contributed by atoms with E-state index in [1.807, 2.05) is 0 Å². The van der Waals surface area contributed by atoms with Crippen molar-refractivity contribution in [3.05, 3.63) is 24.3 Å². The molecule has 0 radical (unpaired) electrons. The SMILES string of the molecule is CCCCCCCCCCSCCCCCCCCCCCNC(=O)NNc1ccc(O)cc1. The first-order valence-corrected chi connectivity index (χ1v) is 15.0. The number of hydrazine groups is 1. The lowest BCUT2D eigenvalue weighted by Crippen LogP contribution is -2.39. The molecule has 0 bridgehead atoms. The summed E-state index contributed by atoms with van der Waals surface area (Å²) in [7, 11) is 0. The van der Waals surface area contributed by atoms with E-state index in [0.717, 1.165) is 12.1 Å². The molecule has 1 aromatic rings. The number of hydrogen-bond donors (Lipinski definition) is 4. The van der Waals surface area contributed by atoms with E-state index in [-0.39, 0.29) is 11.8 Å². The topological polar surface area (TPSA) is 73.4 Å². The van der Waals surface area contributed by atoms with Gasteiger partial charge in [0.15, 0.2) is 0 Å². The highest BCUT2D eigenvalue weighted by molar-refractivity contribution is 7.99. The van der Waals surface area contributed by atoms with E-state index in [4.69, 9.17) is 0 Å². The Morgan fingerprint density at radius 3 is 1.71 bits per heavy atom. The van der Waals surface area contributed by atoms with Crippen LogP contribution in [0.5, 0.6) is 5.75 Å².